The topological polar surface area (TPSA) is 84.2 Å². The van der Waals surface area contributed by atoms with Crippen molar-refractivity contribution >= 4 is 11.8 Å². The Kier molecular flexibility index (Phi) is 5.60. The lowest BCUT2D eigenvalue weighted by atomic mass is 10.00. The van der Waals surface area contributed by atoms with Crippen molar-refractivity contribution in [2.45, 2.75) is 64.6 Å². The molecule has 154 valence electrons. The molecule has 8 heteroatoms. The maximum Gasteiger partial charge on any atom is 0.224 e. The average molecular weight is 396 g/mol. The standard InChI is InChI=1S/C21H28N6O2/c1-15(26-10-7-22-14-26)11-20(29)25-9-6-18-17(13-25)12-23-21(24-18)19-5-3-4-8-27(19)16(2)28/h7,10,12,14-15,19H,3-6,8-9,11,13H2,1-2H3/t15-,19-/m0/s1. The summed E-state index contributed by atoms with van der Waals surface area (Å²) in [6.07, 6.45) is 11.4. The number of imidazole rings is 1. The van der Waals surface area contributed by atoms with Crippen LogP contribution >= 0.6 is 0 Å². The molecule has 4 heterocycles. The van der Waals surface area contributed by atoms with Crippen LogP contribution in [0.3, 0.4) is 0 Å². The Morgan fingerprint density at radius 1 is 1.28 bits per heavy atom. The number of fused-ring (bicyclic) bond motifs is 1. The average Bonchev–Trinajstić information content (AvgIpc) is 3.28. The predicted molar refractivity (Wildman–Crippen MR) is 107 cm³/mol. The van der Waals surface area contributed by atoms with Crippen molar-refractivity contribution < 1.29 is 9.59 Å². The summed E-state index contributed by atoms with van der Waals surface area (Å²) in [5.41, 5.74) is 2.02. The number of piperidine rings is 1. The second kappa shape index (κ2) is 8.31. The van der Waals surface area contributed by atoms with Crippen LogP contribution in [-0.2, 0) is 22.6 Å². The van der Waals surface area contributed by atoms with Gasteiger partial charge in [-0.1, -0.05) is 0 Å². The lowest BCUT2D eigenvalue weighted by molar-refractivity contribution is -0.133. The Balaban J connectivity index is 1.44. The first-order valence-corrected chi connectivity index (χ1v) is 10.4. The molecule has 0 N–H and O–H groups in total. The number of amides is 2. The van der Waals surface area contributed by atoms with Crippen LogP contribution < -0.4 is 0 Å². The van der Waals surface area contributed by atoms with Gasteiger partial charge in [0, 0.05) is 69.6 Å². The zero-order valence-corrected chi connectivity index (χ0v) is 17.1. The lowest BCUT2D eigenvalue weighted by Crippen LogP contribution is -2.39. The Labute approximate surface area is 171 Å². The lowest BCUT2D eigenvalue weighted by Gasteiger charge is -2.35. The zero-order chi connectivity index (χ0) is 20.4. The van der Waals surface area contributed by atoms with E-state index in [0.717, 1.165) is 49.3 Å². The largest absolute Gasteiger partial charge is 0.338 e. The van der Waals surface area contributed by atoms with Crippen LogP contribution in [0.2, 0.25) is 0 Å². The Hall–Kier alpha value is -2.77. The molecule has 0 spiro atoms. The van der Waals surface area contributed by atoms with E-state index in [4.69, 9.17) is 4.98 Å². The summed E-state index contributed by atoms with van der Waals surface area (Å²) in [6, 6.07) is 0.0520. The van der Waals surface area contributed by atoms with Crippen molar-refractivity contribution in [2.75, 3.05) is 13.1 Å². The number of aromatic nitrogens is 4. The van der Waals surface area contributed by atoms with Crippen LogP contribution in [0.15, 0.2) is 24.9 Å². The van der Waals surface area contributed by atoms with E-state index in [1.807, 2.05) is 33.7 Å². The molecular formula is C21H28N6O2. The van der Waals surface area contributed by atoms with Gasteiger partial charge in [0.1, 0.15) is 0 Å². The molecule has 2 aromatic heterocycles. The Morgan fingerprint density at radius 2 is 2.14 bits per heavy atom. The van der Waals surface area contributed by atoms with Gasteiger partial charge in [0.15, 0.2) is 5.82 Å². The molecule has 2 atom stereocenters. The van der Waals surface area contributed by atoms with E-state index in [0.29, 0.717) is 19.5 Å². The van der Waals surface area contributed by atoms with E-state index in [1.54, 1.807) is 19.4 Å². The first-order chi connectivity index (χ1) is 14.0. The molecule has 0 saturated carbocycles. The molecule has 4 rings (SSSR count). The van der Waals surface area contributed by atoms with Gasteiger partial charge in [0.25, 0.3) is 0 Å². The molecule has 0 aromatic carbocycles. The number of carbonyl (C=O) groups is 2. The number of rotatable bonds is 4. The van der Waals surface area contributed by atoms with Gasteiger partial charge >= 0.3 is 0 Å². The van der Waals surface area contributed by atoms with Crippen LogP contribution in [0, 0.1) is 0 Å². The second-order valence-electron chi connectivity index (χ2n) is 8.05. The van der Waals surface area contributed by atoms with Crippen molar-refractivity contribution in [1.29, 1.82) is 0 Å². The fourth-order valence-corrected chi connectivity index (χ4v) is 4.30. The fourth-order valence-electron chi connectivity index (χ4n) is 4.30. The van der Waals surface area contributed by atoms with E-state index >= 15 is 0 Å². The maximum atomic E-state index is 12.8. The van der Waals surface area contributed by atoms with Crippen LogP contribution in [0.25, 0.3) is 0 Å². The fraction of sp³-hybridized carbons (Fsp3) is 0.571. The van der Waals surface area contributed by atoms with Crippen molar-refractivity contribution in [1.82, 2.24) is 29.3 Å². The monoisotopic (exact) mass is 396 g/mol. The molecule has 29 heavy (non-hydrogen) atoms. The van der Waals surface area contributed by atoms with Crippen LogP contribution in [0.4, 0.5) is 0 Å². The minimum atomic E-state index is -0.0257. The minimum Gasteiger partial charge on any atom is -0.338 e. The van der Waals surface area contributed by atoms with Crippen molar-refractivity contribution in [3.63, 3.8) is 0 Å². The Bertz CT molecular complexity index is 881. The van der Waals surface area contributed by atoms with Gasteiger partial charge in [0.2, 0.25) is 11.8 Å². The van der Waals surface area contributed by atoms with E-state index < -0.39 is 0 Å². The number of nitrogens with zero attached hydrogens (tertiary/aromatic N) is 6. The van der Waals surface area contributed by atoms with Crippen molar-refractivity contribution in [2.24, 2.45) is 0 Å². The van der Waals surface area contributed by atoms with E-state index in [-0.39, 0.29) is 23.9 Å². The third-order valence-electron chi connectivity index (χ3n) is 6.01. The first kappa shape index (κ1) is 19.5. The third kappa shape index (κ3) is 4.16. The van der Waals surface area contributed by atoms with E-state index in [9.17, 15) is 9.59 Å². The first-order valence-electron chi connectivity index (χ1n) is 10.4. The highest BCUT2D eigenvalue weighted by Gasteiger charge is 2.30. The highest BCUT2D eigenvalue weighted by Crippen LogP contribution is 2.30. The minimum absolute atomic E-state index is 0.0257. The predicted octanol–water partition coefficient (Wildman–Crippen LogP) is 2.28. The van der Waals surface area contributed by atoms with E-state index in [1.165, 1.54) is 0 Å². The summed E-state index contributed by atoms with van der Waals surface area (Å²) in [5.74, 6) is 0.961. The number of hydrogen-bond acceptors (Lipinski definition) is 5. The van der Waals surface area contributed by atoms with Gasteiger partial charge in [0.05, 0.1) is 18.1 Å². The smallest absolute Gasteiger partial charge is 0.224 e. The van der Waals surface area contributed by atoms with Crippen LogP contribution in [0.1, 0.15) is 68.7 Å². The molecule has 0 unspecified atom stereocenters. The summed E-state index contributed by atoms with van der Waals surface area (Å²) >= 11 is 0. The highest BCUT2D eigenvalue weighted by atomic mass is 16.2. The highest BCUT2D eigenvalue weighted by molar-refractivity contribution is 5.77. The molecule has 1 saturated heterocycles. The molecule has 0 radical (unpaired) electrons. The molecule has 2 aliphatic rings. The zero-order valence-electron chi connectivity index (χ0n) is 17.1. The number of hydrogen-bond donors (Lipinski definition) is 0. The summed E-state index contributed by atoms with van der Waals surface area (Å²) in [7, 11) is 0. The SMILES string of the molecule is CC(=O)N1CCCC[C@H]1c1ncc2c(n1)CCN(C(=O)C[C@H](C)n1ccnc1)C2. The quantitative estimate of drug-likeness (QED) is 0.792. The van der Waals surface area contributed by atoms with Gasteiger partial charge in [-0.2, -0.15) is 0 Å². The molecular weight excluding hydrogens is 368 g/mol. The van der Waals surface area contributed by atoms with Gasteiger partial charge in [-0.15, -0.1) is 0 Å². The summed E-state index contributed by atoms with van der Waals surface area (Å²) < 4.78 is 1.95. The molecule has 2 amide bonds. The second-order valence-corrected chi connectivity index (χ2v) is 8.05. The summed E-state index contributed by atoms with van der Waals surface area (Å²) in [6.45, 7) is 5.63. The van der Waals surface area contributed by atoms with Crippen molar-refractivity contribution in [3.8, 4) is 0 Å². The Morgan fingerprint density at radius 3 is 2.90 bits per heavy atom. The van der Waals surface area contributed by atoms with Gasteiger partial charge in [-0.25, -0.2) is 15.0 Å². The summed E-state index contributed by atoms with van der Waals surface area (Å²) in [4.78, 5) is 42.0. The summed E-state index contributed by atoms with van der Waals surface area (Å²) in [5, 5.41) is 0. The molecule has 8 nitrogen and oxygen atoms in total. The van der Waals surface area contributed by atoms with E-state index in [2.05, 4.69) is 9.97 Å². The molecule has 0 aliphatic carbocycles. The number of likely N-dealkylation sites (tertiary alicyclic amines) is 1. The van der Waals surface area contributed by atoms with Gasteiger partial charge in [-0.3, -0.25) is 9.59 Å². The third-order valence-corrected chi connectivity index (χ3v) is 6.01. The molecule has 0 bridgehead atoms. The number of carbonyl (C=O) groups excluding carboxylic acids is 2. The van der Waals surface area contributed by atoms with Crippen molar-refractivity contribution in [3.05, 3.63) is 42.0 Å². The van der Waals surface area contributed by atoms with Gasteiger partial charge in [-0.05, 0) is 26.2 Å². The van der Waals surface area contributed by atoms with Crippen LogP contribution in [0.5, 0.6) is 0 Å². The molecule has 2 aromatic rings. The maximum absolute atomic E-state index is 12.8. The van der Waals surface area contributed by atoms with Gasteiger partial charge < -0.3 is 14.4 Å². The normalized spacial score (nSPS) is 20.3. The molecule has 1 fully saturated rings. The molecule has 2 aliphatic heterocycles. The van der Waals surface area contributed by atoms with Crippen LogP contribution in [-0.4, -0.2) is 54.2 Å².